The zero-order valence-electron chi connectivity index (χ0n) is 16.0. The Kier molecular flexibility index (Phi) is 4.56. The molecular weight excluding hydrogens is 366 g/mol. The van der Waals surface area contributed by atoms with Gasteiger partial charge in [0.15, 0.2) is 0 Å². The average molecular weight is 389 g/mol. The molecule has 1 aromatic heterocycles. The van der Waals surface area contributed by atoms with Crippen LogP contribution in [0.3, 0.4) is 0 Å². The second-order valence-corrected chi connectivity index (χ2v) is 7.83. The number of nitrogens with zero attached hydrogens (tertiary/aromatic N) is 1. The zero-order valence-corrected chi connectivity index (χ0v) is 16.0. The molecule has 2 heterocycles. The molecule has 1 fully saturated rings. The number of aromatic amines is 1. The summed E-state index contributed by atoms with van der Waals surface area (Å²) in [7, 11) is 0. The minimum Gasteiger partial charge on any atom is -0.493 e. The summed E-state index contributed by atoms with van der Waals surface area (Å²) >= 11 is 0. The van der Waals surface area contributed by atoms with Gasteiger partial charge < -0.3 is 15.2 Å². The van der Waals surface area contributed by atoms with Gasteiger partial charge in [0.25, 0.3) is 5.91 Å². The number of nitrogens with one attached hydrogen (secondary N) is 2. The lowest BCUT2D eigenvalue weighted by molar-refractivity contribution is 0.0235. The summed E-state index contributed by atoms with van der Waals surface area (Å²) < 4.78 is 5.62. The van der Waals surface area contributed by atoms with E-state index in [0.29, 0.717) is 30.7 Å². The number of hydrogen-bond donors (Lipinski definition) is 3. The smallest absolute Gasteiger partial charge is 0.255 e. The lowest BCUT2D eigenvalue weighted by Gasteiger charge is -2.38. The number of amides is 1. The van der Waals surface area contributed by atoms with E-state index in [1.807, 2.05) is 42.5 Å². The predicted octanol–water partition coefficient (Wildman–Crippen LogP) is 3.25. The van der Waals surface area contributed by atoms with Crippen molar-refractivity contribution in [3.8, 4) is 17.0 Å². The molecule has 1 amide bonds. The molecule has 148 valence electrons. The molecule has 5 rings (SSSR count). The fourth-order valence-electron chi connectivity index (χ4n) is 4.28. The molecule has 1 aliphatic heterocycles. The molecule has 0 bridgehead atoms. The Balaban J connectivity index is 1.43. The van der Waals surface area contributed by atoms with E-state index in [9.17, 15) is 9.90 Å². The van der Waals surface area contributed by atoms with Gasteiger partial charge in [0, 0.05) is 12.0 Å². The third kappa shape index (κ3) is 3.40. The maximum Gasteiger partial charge on any atom is 0.255 e. The summed E-state index contributed by atoms with van der Waals surface area (Å²) in [4.78, 5) is 13.2. The highest BCUT2D eigenvalue weighted by Crippen LogP contribution is 2.40. The molecule has 3 N–H and O–H groups in total. The van der Waals surface area contributed by atoms with Gasteiger partial charge in [-0.3, -0.25) is 9.89 Å². The minimum atomic E-state index is -0.286. The SMILES string of the molecule is O=C(N[C@H](c1ccc2c(c1)CCO2)C1CC(O)C1)c1cn[nH]c1-c1ccccc1. The summed E-state index contributed by atoms with van der Waals surface area (Å²) in [5.41, 5.74) is 4.38. The van der Waals surface area contributed by atoms with E-state index in [2.05, 4.69) is 21.6 Å². The van der Waals surface area contributed by atoms with Gasteiger partial charge in [-0.05, 0) is 42.0 Å². The molecule has 0 spiro atoms. The number of carbonyl (C=O) groups excluding carboxylic acids is 1. The third-order valence-corrected chi connectivity index (χ3v) is 5.93. The number of H-pyrrole nitrogens is 1. The van der Waals surface area contributed by atoms with Crippen LogP contribution in [0.4, 0.5) is 0 Å². The molecule has 0 saturated heterocycles. The minimum absolute atomic E-state index is 0.157. The first kappa shape index (κ1) is 17.9. The Morgan fingerprint density at radius 2 is 2.03 bits per heavy atom. The number of aliphatic hydroxyl groups excluding tert-OH is 1. The normalized spacial score (nSPS) is 21.0. The van der Waals surface area contributed by atoms with Crippen LogP contribution in [-0.4, -0.2) is 33.9 Å². The molecule has 0 radical (unpaired) electrons. The van der Waals surface area contributed by atoms with E-state index in [4.69, 9.17) is 4.74 Å². The zero-order chi connectivity index (χ0) is 19.8. The Labute approximate surface area is 168 Å². The number of benzene rings is 2. The first-order chi connectivity index (χ1) is 14.2. The molecule has 2 aliphatic rings. The van der Waals surface area contributed by atoms with Crippen molar-refractivity contribution >= 4 is 5.91 Å². The number of hydrogen-bond acceptors (Lipinski definition) is 4. The van der Waals surface area contributed by atoms with Gasteiger partial charge in [-0.15, -0.1) is 0 Å². The first-order valence-corrected chi connectivity index (χ1v) is 10.0. The lowest BCUT2D eigenvalue weighted by Crippen LogP contribution is -2.41. The Hall–Kier alpha value is -3.12. The van der Waals surface area contributed by atoms with Gasteiger partial charge in [-0.1, -0.05) is 36.4 Å². The number of fused-ring (bicyclic) bond motifs is 1. The molecular formula is C23H23N3O3. The second-order valence-electron chi connectivity index (χ2n) is 7.83. The Bertz CT molecular complexity index is 1020. The molecule has 0 unspecified atom stereocenters. The van der Waals surface area contributed by atoms with Gasteiger partial charge in [0.2, 0.25) is 0 Å². The topological polar surface area (TPSA) is 87.2 Å². The van der Waals surface area contributed by atoms with Crippen LogP contribution in [0.5, 0.6) is 5.75 Å². The number of ether oxygens (including phenoxy) is 1. The van der Waals surface area contributed by atoms with Crippen molar-refractivity contribution in [2.24, 2.45) is 5.92 Å². The van der Waals surface area contributed by atoms with E-state index in [-0.39, 0.29) is 24.0 Å². The molecule has 29 heavy (non-hydrogen) atoms. The van der Waals surface area contributed by atoms with Crippen molar-refractivity contribution in [1.82, 2.24) is 15.5 Å². The number of rotatable bonds is 5. The summed E-state index contributed by atoms with van der Waals surface area (Å²) in [6, 6.07) is 15.7. The van der Waals surface area contributed by atoms with Crippen molar-refractivity contribution in [3.05, 3.63) is 71.4 Å². The summed E-state index contributed by atoms with van der Waals surface area (Å²) in [6.45, 7) is 0.702. The van der Waals surface area contributed by atoms with Gasteiger partial charge in [-0.25, -0.2) is 0 Å². The first-order valence-electron chi connectivity index (χ1n) is 10.0. The van der Waals surface area contributed by atoms with Crippen molar-refractivity contribution in [2.45, 2.75) is 31.4 Å². The van der Waals surface area contributed by atoms with Gasteiger partial charge in [-0.2, -0.15) is 5.10 Å². The molecule has 6 heteroatoms. The van der Waals surface area contributed by atoms with Crippen LogP contribution in [0.1, 0.15) is 40.4 Å². The van der Waals surface area contributed by atoms with Gasteiger partial charge >= 0.3 is 0 Å². The van der Waals surface area contributed by atoms with Crippen molar-refractivity contribution in [2.75, 3.05) is 6.61 Å². The van der Waals surface area contributed by atoms with E-state index < -0.39 is 0 Å². The number of carbonyl (C=O) groups is 1. The van der Waals surface area contributed by atoms with E-state index in [0.717, 1.165) is 23.3 Å². The highest BCUT2D eigenvalue weighted by atomic mass is 16.5. The van der Waals surface area contributed by atoms with Crippen LogP contribution in [0.15, 0.2) is 54.7 Å². The maximum atomic E-state index is 13.2. The molecule has 1 aliphatic carbocycles. The number of aromatic nitrogens is 2. The second kappa shape index (κ2) is 7.37. The van der Waals surface area contributed by atoms with Crippen molar-refractivity contribution in [3.63, 3.8) is 0 Å². The van der Waals surface area contributed by atoms with Crippen LogP contribution in [0.25, 0.3) is 11.3 Å². The van der Waals surface area contributed by atoms with Crippen LogP contribution < -0.4 is 10.1 Å². The van der Waals surface area contributed by atoms with Crippen LogP contribution >= 0.6 is 0 Å². The van der Waals surface area contributed by atoms with Gasteiger partial charge in [0.1, 0.15) is 5.75 Å². The summed E-state index contributed by atoms with van der Waals surface area (Å²) in [5.74, 6) is 0.968. The maximum absolute atomic E-state index is 13.2. The molecule has 1 atom stereocenters. The third-order valence-electron chi connectivity index (χ3n) is 5.93. The highest BCUT2D eigenvalue weighted by Gasteiger charge is 2.36. The summed E-state index contributed by atoms with van der Waals surface area (Å²) in [6.07, 6.45) is 3.55. The van der Waals surface area contributed by atoms with Crippen molar-refractivity contribution in [1.29, 1.82) is 0 Å². The van der Waals surface area contributed by atoms with E-state index >= 15 is 0 Å². The van der Waals surface area contributed by atoms with E-state index in [1.54, 1.807) is 6.20 Å². The quantitative estimate of drug-likeness (QED) is 0.625. The molecule has 3 aromatic rings. The largest absolute Gasteiger partial charge is 0.493 e. The van der Waals surface area contributed by atoms with Crippen LogP contribution in [0.2, 0.25) is 0 Å². The standard InChI is InChI=1S/C23H23N3O3/c27-18-11-17(12-18)21(16-6-7-20-15(10-16)8-9-29-20)25-23(28)19-13-24-26-22(19)14-4-2-1-3-5-14/h1-7,10,13,17-18,21,27H,8-9,11-12H2,(H,24,26)(H,25,28)/t17?,18?,21-/m1/s1. The Morgan fingerprint density at radius 1 is 1.21 bits per heavy atom. The number of aliphatic hydroxyl groups is 1. The van der Waals surface area contributed by atoms with Crippen molar-refractivity contribution < 1.29 is 14.6 Å². The fourth-order valence-corrected chi connectivity index (χ4v) is 4.28. The highest BCUT2D eigenvalue weighted by molar-refractivity contribution is 6.00. The summed E-state index contributed by atoms with van der Waals surface area (Å²) in [5, 5.41) is 20.1. The fraction of sp³-hybridized carbons (Fsp3) is 0.304. The monoisotopic (exact) mass is 389 g/mol. The van der Waals surface area contributed by atoms with Crippen LogP contribution in [-0.2, 0) is 6.42 Å². The van der Waals surface area contributed by atoms with E-state index in [1.165, 1.54) is 5.56 Å². The molecule has 1 saturated carbocycles. The molecule has 6 nitrogen and oxygen atoms in total. The van der Waals surface area contributed by atoms with Crippen LogP contribution in [0, 0.1) is 5.92 Å². The van der Waals surface area contributed by atoms with Gasteiger partial charge in [0.05, 0.1) is 36.2 Å². The Morgan fingerprint density at radius 3 is 2.83 bits per heavy atom. The lowest BCUT2D eigenvalue weighted by atomic mass is 9.74. The predicted molar refractivity (Wildman–Crippen MR) is 109 cm³/mol. The molecule has 2 aromatic carbocycles. The average Bonchev–Trinajstić information content (AvgIpc) is 3.39.